The van der Waals surface area contributed by atoms with Crippen LogP contribution >= 0.6 is 0 Å². The van der Waals surface area contributed by atoms with E-state index >= 15 is 0 Å². The van der Waals surface area contributed by atoms with E-state index in [-0.39, 0.29) is 0 Å². The van der Waals surface area contributed by atoms with E-state index in [1.54, 1.807) is 0 Å². The molecule has 4 aliphatic rings. The fourth-order valence-corrected chi connectivity index (χ4v) is 16.1. The molecule has 0 N–H and O–H groups in total. The Kier molecular flexibility index (Phi) is 1.91. The van der Waals surface area contributed by atoms with Gasteiger partial charge in [-0.25, -0.2) is 0 Å². The molecule has 1 heteroatoms. The maximum atomic E-state index is 2.47. The first kappa shape index (κ1) is 8.98. The summed E-state index contributed by atoms with van der Waals surface area (Å²) in [5.41, 5.74) is 0. The molecule has 0 fully saturated rings. The van der Waals surface area contributed by atoms with E-state index in [1.807, 2.05) is 0 Å². The van der Waals surface area contributed by atoms with Crippen molar-refractivity contribution in [3.05, 3.63) is 48.6 Å². The fraction of sp³-hybridized carbons (Fsp3) is 0.429. The second kappa shape index (κ2) is 3.19. The van der Waals surface area contributed by atoms with E-state index in [1.165, 1.54) is 0 Å². The van der Waals surface area contributed by atoms with Gasteiger partial charge in [-0.05, 0) is 0 Å². The molecule has 0 amide bonds. The average Bonchev–Trinajstić information content (AvgIpc) is 3.03. The Morgan fingerprint density at radius 2 is 0.733 bits per heavy atom. The van der Waals surface area contributed by atoms with Crippen LogP contribution in [0.4, 0.5) is 0 Å². The molecule has 0 atom stereocenters. The van der Waals surface area contributed by atoms with Crippen molar-refractivity contribution >= 4 is 0 Å². The molecular formula is C14H14Hg. The number of hydrogen-bond acceptors (Lipinski definition) is 0. The summed E-state index contributed by atoms with van der Waals surface area (Å²) >= 11 is -0.765. The van der Waals surface area contributed by atoms with Gasteiger partial charge >= 0.3 is 104 Å². The third kappa shape index (κ3) is 1.24. The molecule has 72 valence electrons. The molecule has 0 saturated heterocycles. The van der Waals surface area contributed by atoms with Crippen molar-refractivity contribution in [1.82, 2.24) is 0 Å². The van der Waals surface area contributed by atoms with E-state index in [2.05, 4.69) is 48.6 Å². The van der Waals surface area contributed by atoms with Crippen LogP contribution in [0.2, 0.25) is 6.85 Å². The van der Waals surface area contributed by atoms with Crippen molar-refractivity contribution in [1.29, 1.82) is 0 Å². The van der Waals surface area contributed by atoms with E-state index in [0.29, 0.717) is 0 Å². The minimum absolute atomic E-state index is 0.765. The summed E-state index contributed by atoms with van der Waals surface area (Å²) in [4.78, 5) is 0. The van der Waals surface area contributed by atoms with Crippen molar-refractivity contribution in [2.75, 3.05) is 0 Å². The molecule has 0 nitrogen and oxygen atoms in total. The summed E-state index contributed by atoms with van der Waals surface area (Å²) in [6.07, 6.45) is 19.7. The molecule has 0 aliphatic heterocycles. The van der Waals surface area contributed by atoms with Gasteiger partial charge in [-0.15, -0.1) is 0 Å². The molecule has 0 heterocycles. The fourth-order valence-electron chi connectivity index (χ4n) is 3.88. The van der Waals surface area contributed by atoms with Gasteiger partial charge < -0.3 is 0 Å². The number of fused-ring (bicyclic) bond motifs is 4. The number of rotatable bonds is 2. The van der Waals surface area contributed by atoms with Crippen molar-refractivity contribution in [2.45, 2.75) is 6.85 Å². The third-order valence-corrected chi connectivity index (χ3v) is 17.4. The average molecular weight is 383 g/mol. The molecule has 0 unspecified atom stereocenters. The van der Waals surface area contributed by atoms with Gasteiger partial charge in [-0.3, -0.25) is 0 Å². The topological polar surface area (TPSA) is 0 Å². The molecule has 0 aromatic rings. The van der Waals surface area contributed by atoms with Gasteiger partial charge in [-0.1, -0.05) is 0 Å². The van der Waals surface area contributed by atoms with Crippen LogP contribution in [0, 0.1) is 23.7 Å². The summed E-state index contributed by atoms with van der Waals surface area (Å²) in [6.45, 7) is 0. The Hall–Kier alpha value is -0.105. The number of allylic oxidation sites excluding steroid dienone is 8. The van der Waals surface area contributed by atoms with Crippen molar-refractivity contribution in [2.24, 2.45) is 23.7 Å². The second-order valence-electron chi connectivity index (χ2n) is 5.41. The summed E-state index contributed by atoms with van der Waals surface area (Å²) in [7, 11) is 0. The Bertz CT molecular complexity index is 304. The second-order valence-corrected chi connectivity index (χ2v) is 14.6. The molecule has 0 aromatic carbocycles. The third-order valence-electron chi connectivity index (χ3n) is 4.74. The monoisotopic (exact) mass is 384 g/mol. The Morgan fingerprint density at radius 1 is 0.467 bits per heavy atom. The minimum atomic E-state index is -0.765. The summed E-state index contributed by atoms with van der Waals surface area (Å²) in [5, 5.41) is 0. The molecule has 0 aromatic heterocycles. The van der Waals surface area contributed by atoms with Crippen LogP contribution in [-0.2, 0) is 24.6 Å². The van der Waals surface area contributed by atoms with Crippen LogP contribution in [0.5, 0.6) is 0 Å². The SMILES string of the molecule is C1=CC2C=CC1[CH]2[Hg][CH]1C2C=CC1C=C2. The molecule has 15 heavy (non-hydrogen) atoms. The Balaban J connectivity index is 1.51. The zero-order chi connectivity index (χ0) is 9.83. The molecular weight excluding hydrogens is 369 g/mol. The van der Waals surface area contributed by atoms with Crippen LogP contribution in [-0.4, -0.2) is 0 Å². The Labute approximate surface area is 103 Å². The van der Waals surface area contributed by atoms with Crippen LogP contribution in [0.3, 0.4) is 0 Å². The van der Waals surface area contributed by atoms with Crippen LogP contribution < -0.4 is 0 Å². The van der Waals surface area contributed by atoms with Gasteiger partial charge in [0.05, 0.1) is 0 Å². The predicted molar refractivity (Wildman–Crippen MR) is 58.0 cm³/mol. The van der Waals surface area contributed by atoms with Crippen LogP contribution in [0.15, 0.2) is 48.6 Å². The van der Waals surface area contributed by atoms with Crippen LogP contribution in [0.1, 0.15) is 0 Å². The van der Waals surface area contributed by atoms with Gasteiger partial charge in [0.2, 0.25) is 0 Å². The predicted octanol–water partition coefficient (Wildman–Crippen LogP) is 3.39. The summed E-state index contributed by atoms with van der Waals surface area (Å²) in [6, 6.07) is 0. The van der Waals surface area contributed by atoms with Gasteiger partial charge in [0.1, 0.15) is 0 Å². The quantitative estimate of drug-likeness (QED) is 0.507. The van der Waals surface area contributed by atoms with Crippen LogP contribution in [0.25, 0.3) is 0 Å². The molecule has 4 rings (SSSR count). The summed E-state index contributed by atoms with van der Waals surface area (Å²) in [5.74, 6) is 3.43. The first-order valence-electron chi connectivity index (χ1n) is 6.15. The molecule has 4 bridgehead atoms. The maximum absolute atomic E-state index is 2.47. The van der Waals surface area contributed by atoms with Crippen molar-refractivity contribution < 1.29 is 24.6 Å². The van der Waals surface area contributed by atoms with Crippen molar-refractivity contribution in [3.8, 4) is 0 Å². The van der Waals surface area contributed by atoms with E-state index in [0.717, 1.165) is 30.5 Å². The molecule has 4 aliphatic carbocycles. The van der Waals surface area contributed by atoms with E-state index < -0.39 is 24.6 Å². The molecule has 0 radical (unpaired) electrons. The van der Waals surface area contributed by atoms with Gasteiger partial charge in [-0.2, -0.15) is 0 Å². The van der Waals surface area contributed by atoms with Gasteiger partial charge in [0.15, 0.2) is 0 Å². The van der Waals surface area contributed by atoms with E-state index in [4.69, 9.17) is 0 Å². The standard InChI is InChI=1S/2C7H7.Hg/c2*1-2-7-4-3-6(1)5-7;/h2*1-7H;. The van der Waals surface area contributed by atoms with Crippen molar-refractivity contribution in [3.63, 3.8) is 0 Å². The normalized spacial score (nSPS) is 52.0. The number of hydrogen-bond donors (Lipinski definition) is 0. The zero-order valence-corrected chi connectivity index (χ0v) is 14.3. The first-order valence-corrected chi connectivity index (χ1v) is 12.5. The van der Waals surface area contributed by atoms with E-state index in [9.17, 15) is 0 Å². The zero-order valence-electron chi connectivity index (χ0n) is 8.79. The Morgan fingerprint density at radius 3 is 1.00 bits per heavy atom. The molecule has 0 saturated carbocycles. The molecule has 0 spiro atoms. The van der Waals surface area contributed by atoms with Gasteiger partial charge in [0.25, 0.3) is 0 Å². The first-order chi connectivity index (χ1) is 7.42. The van der Waals surface area contributed by atoms with Gasteiger partial charge in [0, 0.05) is 0 Å². The summed E-state index contributed by atoms with van der Waals surface area (Å²) < 4.78 is 2.22.